The van der Waals surface area contributed by atoms with Gasteiger partial charge < -0.3 is 30.9 Å². The summed E-state index contributed by atoms with van der Waals surface area (Å²) in [7, 11) is 3.65. The summed E-state index contributed by atoms with van der Waals surface area (Å²) in [6, 6.07) is 11.9. The highest BCUT2D eigenvalue weighted by Crippen LogP contribution is 2.42. The van der Waals surface area contributed by atoms with E-state index in [9.17, 15) is 14.4 Å². The SMILES string of the molecule is CN(CCCC(=O)OC(C)(C)C)C(=O)[C@H]1CCc2c(sc3ncnc(Nc4ccc5nnsc5c4)c23)C1.CN(CCN)C(=O)[C@H]1CCc2c(sc3ncnc(Nc4ccc5nnsc5c4)c23)C1. The van der Waals surface area contributed by atoms with Crippen molar-refractivity contribution in [2.24, 2.45) is 17.6 Å². The Hall–Kier alpha value is -5.87. The van der Waals surface area contributed by atoms with Gasteiger partial charge in [0.15, 0.2) is 0 Å². The van der Waals surface area contributed by atoms with E-state index in [1.807, 2.05) is 71.3 Å². The van der Waals surface area contributed by atoms with Crippen LogP contribution in [0.15, 0.2) is 49.1 Å². The molecule has 17 nitrogen and oxygen atoms in total. The van der Waals surface area contributed by atoms with Crippen molar-refractivity contribution in [2.75, 3.05) is 44.4 Å². The highest BCUT2D eigenvalue weighted by Gasteiger charge is 2.32. The van der Waals surface area contributed by atoms with Crippen LogP contribution in [0, 0.1) is 11.8 Å². The Bertz CT molecular complexity index is 3100. The lowest BCUT2D eigenvalue weighted by Crippen LogP contribution is -2.38. The van der Waals surface area contributed by atoms with E-state index in [0.717, 1.165) is 96.0 Å². The third-order valence-corrected chi connectivity index (χ3v) is 15.6. The number of thiophene rings is 2. The molecule has 0 saturated carbocycles. The van der Waals surface area contributed by atoms with Crippen molar-refractivity contribution in [3.8, 4) is 0 Å². The second kappa shape index (κ2) is 19.8. The van der Waals surface area contributed by atoms with Gasteiger partial charge in [-0.1, -0.05) is 8.98 Å². The predicted molar refractivity (Wildman–Crippen MR) is 267 cm³/mol. The Balaban J connectivity index is 0.000000171. The molecule has 0 bridgehead atoms. The minimum absolute atomic E-state index is 0.00714. The number of benzene rings is 2. The van der Waals surface area contributed by atoms with Gasteiger partial charge in [-0.3, -0.25) is 14.4 Å². The molecule has 2 aliphatic rings. The quantitative estimate of drug-likeness (QED) is 0.0985. The molecule has 0 aliphatic heterocycles. The molecule has 2 amide bonds. The minimum atomic E-state index is -0.491. The Morgan fingerprint density at radius 1 is 0.731 bits per heavy atom. The Kier molecular flexibility index (Phi) is 13.6. The summed E-state index contributed by atoms with van der Waals surface area (Å²) >= 11 is 6.05. The second-order valence-electron chi connectivity index (χ2n) is 17.9. The number of nitrogens with one attached hydrogen (secondary N) is 2. The summed E-state index contributed by atoms with van der Waals surface area (Å²) in [4.78, 5) is 63.8. The monoisotopic (exact) mass is 977 g/mol. The zero-order valence-electron chi connectivity index (χ0n) is 37.9. The van der Waals surface area contributed by atoms with E-state index in [-0.39, 0.29) is 29.6 Å². The van der Waals surface area contributed by atoms with Gasteiger partial charge in [-0.05, 0) is 136 Å². The number of aryl methyl sites for hydroxylation is 2. The van der Waals surface area contributed by atoms with E-state index in [4.69, 9.17) is 10.5 Å². The summed E-state index contributed by atoms with van der Waals surface area (Å²) in [6.07, 6.45) is 8.79. The van der Waals surface area contributed by atoms with Crippen molar-refractivity contribution < 1.29 is 19.1 Å². The van der Waals surface area contributed by atoms with Crippen LogP contribution in [0.4, 0.5) is 23.0 Å². The lowest BCUT2D eigenvalue weighted by molar-refractivity contribution is -0.155. The number of anilines is 4. The number of likely N-dealkylation sites (N-methyl/N-ethyl adjacent to an activating group) is 1. The average molecular weight is 978 g/mol. The number of ether oxygens (including phenoxy) is 1. The predicted octanol–water partition coefficient (Wildman–Crippen LogP) is 8.09. The van der Waals surface area contributed by atoms with E-state index in [0.29, 0.717) is 38.9 Å². The fraction of sp³-hybridized carbons (Fsp3) is 0.413. The number of nitrogens with zero attached hydrogens (tertiary/aromatic N) is 10. The summed E-state index contributed by atoms with van der Waals surface area (Å²) in [5, 5.41) is 17.2. The maximum Gasteiger partial charge on any atom is 0.306 e. The Labute approximate surface area is 402 Å². The number of carbonyl (C=O) groups is 3. The minimum Gasteiger partial charge on any atom is -0.460 e. The molecule has 10 rings (SSSR count). The summed E-state index contributed by atoms with van der Waals surface area (Å²) in [6.45, 7) is 7.18. The van der Waals surface area contributed by atoms with E-state index in [2.05, 4.69) is 49.7 Å². The molecule has 0 radical (unpaired) electrons. The topological polar surface area (TPSA) is 220 Å². The van der Waals surface area contributed by atoms with Gasteiger partial charge >= 0.3 is 5.97 Å². The molecule has 6 heterocycles. The molecule has 8 aromatic rings. The highest BCUT2D eigenvalue weighted by molar-refractivity contribution is 7.19. The largest absolute Gasteiger partial charge is 0.460 e. The van der Waals surface area contributed by atoms with Crippen molar-refractivity contribution >= 4 is 127 Å². The first-order valence-electron chi connectivity index (χ1n) is 22.2. The molecule has 0 saturated heterocycles. The van der Waals surface area contributed by atoms with E-state index in [1.54, 1.807) is 45.1 Å². The molecular weight excluding hydrogens is 927 g/mol. The Morgan fingerprint density at radius 2 is 1.22 bits per heavy atom. The van der Waals surface area contributed by atoms with Crippen molar-refractivity contribution in [1.29, 1.82) is 0 Å². The number of aromatic nitrogens is 8. The smallest absolute Gasteiger partial charge is 0.306 e. The van der Waals surface area contributed by atoms with Gasteiger partial charge in [0.2, 0.25) is 11.8 Å². The fourth-order valence-electron chi connectivity index (χ4n) is 8.71. The van der Waals surface area contributed by atoms with Gasteiger partial charge in [0, 0.05) is 73.1 Å². The zero-order chi connectivity index (χ0) is 46.8. The van der Waals surface area contributed by atoms with E-state index in [1.165, 1.54) is 43.9 Å². The molecular formula is C46H51N13O4S4. The summed E-state index contributed by atoms with van der Waals surface area (Å²) in [5.74, 6) is 1.60. The number of hydrogen-bond donors (Lipinski definition) is 3. The van der Waals surface area contributed by atoms with Gasteiger partial charge in [0.05, 0.1) is 20.2 Å². The van der Waals surface area contributed by atoms with Crippen LogP contribution in [-0.4, -0.2) is 106 Å². The van der Waals surface area contributed by atoms with Crippen LogP contribution in [0.3, 0.4) is 0 Å². The molecule has 67 heavy (non-hydrogen) atoms. The first-order chi connectivity index (χ1) is 32.3. The number of esters is 1. The van der Waals surface area contributed by atoms with Crippen LogP contribution in [-0.2, 0) is 44.8 Å². The van der Waals surface area contributed by atoms with Crippen LogP contribution >= 0.6 is 45.7 Å². The standard InChI is InChI=1S/C26H30N6O3S2.C20H21N7OS2/c1-26(2,3)35-21(33)6-5-11-32(4)25(34)15-7-9-17-19(12-15)36-24-22(17)23(27-14-28-24)29-16-8-10-18-20(13-16)37-31-30-18;1-27(7-6-21)20(28)11-2-4-13-15(8-11)29-19-17(13)18(22-10-23-19)24-12-3-5-14-16(9-12)30-26-25-14/h8,10,13-15H,5-7,9,11-12H2,1-4H3,(H,27,28,29);3,5,9-11H,2,4,6-8,21H2,1H3,(H,22,23,24)/t15-;11-/m00/s1. The second-order valence-corrected chi connectivity index (χ2v) is 21.6. The molecule has 2 atom stereocenters. The number of nitrogens with two attached hydrogens (primary N) is 1. The van der Waals surface area contributed by atoms with Crippen LogP contribution < -0.4 is 16.4 Å². The molecule has 0 fully saturated rings. The van der Waals surface area contributed by atoms with Gasteiger partial charge in [0.1, 0.15) is 50.6 Å². The zero-order valence-corrected chi connectivity index (χ0v) is 41.1. The van der Waals surface area contributed by atoms with Gasteiger partial charge in [0.25, 0.3) is 0 Å². The number of rotatable bonds is 12. The van der Waals surface area contributed by atoms with E-state index < -0.39 is 5.60 Å². The highest BCUT2D eigenvalue weighted by atomic mass is 32.1. The number of fused-ring (bicyclic) bond motifs is 8. The maximum atomic E-state index is 13.2. The number of amides is 2. The third-order valence-electron chi connectivity index (χ3n) is 11.9. The number of carbonyl (C=O) groups excluding carboxylic acids is 3. The van der Waals surface area contributed by atoms with Crippen molar-refractivity contribution in [3.63, 3.8) is 0 Å². The number of hydrogen-bond acceptors (Lipinski definition) is 19. The lowest BCUT2D eigenvalue weighted by atomic mass is 9.87. The van der Waals surface area contributed by atoms with Crippen LogP contribution in [0.2, 0.25) is 0 Å². The molecule has 6 aromatic heterocycles. The molecule has 0 spiro atoms. The van der Waals surface area contributed by atoms with Crippen molar-refractivity contribution in [3.05, 3.63) is 69.9 Å². The first-order valence-corrected chi connectivity index (χ1v) is 25.4. The summed E-state index contributed by atoms with van der Waals surface area (Å²) < 4.78 is 15.4. The molecule has 2 aliphatic carbocycles. The van der Waals surface area contributed by atoms with Crippen LogP contribution in [0.25, 0.3) is 40.9 Å². The van der Waals surface area contributed by atoms with Crippen molar-refractivity contribution in [1.82, 2.24) is 48.9 Å². The molecule has 0 unspecified atom stereocenters. The lowest BCUT2D eigenvalue weighted by Gasteiger charge is -2.27. The molecule has 4 N–H and O–H groups in total. The van der Waals surface area contributed by atoms with Gasteiger partial charge in [-0.2, -0.15) is 0 Å². The van der Waals surface area contributed by atoms with Crippen molar-refractivity contribution in [2.45, 2.75) is 77.7 Å². The van der Waals surface area contributed by atoms with Gasteiger partial charge in [-0.15, -0.1) is 32.9 Å². The average Bonchev–Trinajstić information content (AvgIpc) is 4.12. The molecule has 348 valence electrons. The fourth-order valence-corrected chi connectivity index (χ4v) is 12.4. The summed E-state index contributed by atoms with van der Waals surface area (Å²) in [5.41, 5.74) is 11.3. The molecule has 21 heteroatoms. The molecule has 2 aromatic carbocycles. The maximum absolute atomic E-state index is 13.2. The first kappa shape index (κ1) is 46.2. The Morgan fingerprint density at radius 3 is 1.70 bits per heavy atom. The normalized spacial score (nSPS) is 15.7. The van der Waals surface area contributed by atoms with E-state index >= 15 is 0 Å². The van der Waals surface area contributed by atoms with Crippen LogP contribution in [0.5, 0.6) is 0 Å². The van der Waals surface area contributed by atoms with Crippen LogP contribution in [0.1, 0.15) is 67.3 Å². The third kappa shape index (κ3) is 10.3. The van der Waals surface area contributed by atoms with Gasteiger partial charge in [-0.25, -0.2) is 19.9 Å².